The van der Waals surface area contributed by atoms with Gasteiger partial charge in [-0.2, -0.15) is 0 Å². The molecule has 2 aliphatic heterocycles. The van der Waals surface area contributed by atoms with Crippen molar-refractivity contribution >= 4 is 16.8 Å². The van der Waals surface area contributed by atoms with Crippen LogP contribution < -0.4 is 5.32 Å². The Bertz CT molecular complexity index is 1090. The molecule has 2 aliphatic rings. The Hall–Kier alpha value is -2.87. The fraction of sp³-hybridized carbons (Fsp3) is 0.429. The third-order valence-corrected chi connectivity index (χ3v) is 6.00. The van der Waals surface area contributed by atoms with Gasteiger partial charge in [0.2, 0.25) is 0 Å². The minimum absolute atomic E-state index is 0.00727. The number of hydrogen-bond acceptors (Lipinski definition) is 5. The highest BCUT2D eigenvalue weighted by Gasteiger charge is 2.29. The Morgan fingerprint density at radius 2 is 2.00 bits per heavy atom. The van der Waals surface area contributed by atoms with Crippen molar-refractivity contribution < 1.29 is 9.18 Å². The van der Waals surface area contributed by atoms with Gasteiger partial charge >= 0.3 is 0 Å². The molecule has 3 aromatic rings. The van der Waals surface area contributed by atoms with Crippen LogP contribution in [0.3, 0.4) is 0 Å². The van der Waals surface area contributed by atoms with Crippen LogP contribution in [0.25, 0.3) is 10.9 Å². The van der Waals surface area contributed by atoms with Crippen LogP contribution in [0.5, 0.6) is 0 Å². The van der Waals surface area contributed by atoms with Gasteiger partial charge in [0.25, 0.3) is 5.91 Å². The number of pyridine rings is 1. The maximum absolute atomic E-state index is 13.4. The van der Waals surface area contributed by atoms with Crippen LogP contribution >= 0.6 is 0 Å². The average molecular weight is 394 g/mol. The summed E-state index contributed by atoms with van der Waals surface area (Å²) in [5.41, 5.74) is 1.80. The Balaban J connectivity index is 1.33. The number of piperidine rings is 1. The maximum atomic E-state index is 13.4. The number of benzene rings is 1. The van der Waals surface area contributed by atoms with E-state index in [1.807, 2.05) is 11.0 Å². The second-order valence-electron chi connectivity index (χ2n) is 7.83. The van der Waals surface area contributed by atoms with Gasteiger partial charge in [0.1, 0.15) is 17.5 Å². The van der Waals surface area contributed by atoms with Crippen molar-refractivity contribution in [1.29, 1.82) is 0 Å². The van der Waals surface area contributed by atoms with Gasteiger partial charge in [0, 0.05) is 43.5 Å². The lowest BCUT2D eigenvalue weighted by Gasteiger charge is -2.32. The molecule has 0 spiro atoms. The highest BCUT2D eigenvalue weighted by Crippen LogP contribution is 2.29. The highest BCUT2D eigenvalue weighted by molar-refractivity contribution is 5.98. The van der Waals surface area contributed by atoms with Gasteiger partial charge in [0.15, 0.2) is 0 Å². The molecule has 1 amide bonds. The van der Waals surface area contributed by atoms with Crippen molar-refractivity contribution in [2.45, 2.75) is 38.8 Å². The van der Waals surface area contributed by atoms with E-state index in [1.54, 1.807) is 13.0 Å². The molecule has 1 fully saturated rings. The van der Waals surface area contributed by atoms with Gasteiger partial charge in [-0.25, -0.2) is 4.39 Å². The molecule has 1 aromatic carbocycles. The molecule has 7 nitrogen and oxygen atoms in total. The van der Waals surface area contributed by atoms with Crippen molar-refractivity contribution in [3.63, 3.8) is 0 Å². The number of halogens is 1. The summed E-state index contributed by atoms with van der Waals surface area (Å²) in [6.07, 6.45) is 1.76. The summed E-state index contributed by atoms with van der Waals surface area (Å²) in [4.78, 5) is 19.5. The zero-order chi connectivity index (χ0) is 20.0. The quantitative estimate of drug-likeness (QED) is 0.722. The molecule has 29 heavy (non-hydrogen) atoms. The first-order chi connectivity index (χ1) is 14.1. The molecule has 0 saturated carbocycles. The second-order valence-corrected chi connectivity index (χ2v) is 7.83. The molecular formula is C21H23FN6O. The molecule has 150 valence electrons. The lowest BCUT2D eigenvalue weighted by molar-refractivity contribution is 0.0709. The molecule has 4 heterocycles. The van der Waals surface area contributed by atoms with Crippen LogP contribution in [0.15, 0.2) is 24.3 Å². The third-order valence-electron chi connectivity index (χ3n) is 6.00. The van der Waals surface area contributed by atoms with Crippen LogP contribution in [0, 0.1) is 12.7 Å². The molecule has 1 N–H and O–H groups in total. The van der Waals surface area contributed by atoms with Crippen molar-refractivity contribution in [3.05, 3.63) is 53.0 Å². The number of aromatic nitrogens is 4. The van der Waals surface area contributed by atoms with E-state index in [1.165, 1.54) is 12.1 Å². The van der Waals surface area contributed by atoms with Gasteiger partial charge in [-0.05, 0) is 38.0 Å². The van der Waals surface area contributed by atoms with Gasteiger partial charge < -0.3 is 14.8 Å². The summed E-state index contributed by atoms with van der Waals surface area (Å²) in [6, 6.07) is 6.29. The molecule has 0 radical (unpaired) electrons. The summed E-state index contributed by atoms with van der Waals surface area (Å²) in [6.45, 7) is 5.78. The van der Waals surface area contributed by atoms with Crippen molar-refractivity contribution in [2.24, 2.45) is 0 Å². The zero-order valence-corrected chi connectivity index (χ0v) is 16.4. The first-order valence-electron chi connectivity index (χ1n) is 10.1. The third kappa shape index (κ3) is 3.27. The summed E-state index contributed by atoms with van der Waals surface area (Å²) < 4.78 is 15.7. The number of nitrogens with one attached hydrogen (secondary N) is 1. The van der Waals surface area contributed by atoms with E-state index in [9.17, 15) is 9.18 Å². The largest absolute Gasteiger partial charge is 0.339 e. The molecule has 0 atom stereocenters. The molecule has 5 rings (SSSR count). The smallest absolute Gasteiger partial charge is 0.255 e. The van der Waals surface area contributed by atoms with Crippen molar-refractivity contribution in [3.8, 4) is 0 Å². The normalized spacial score (nSPS) is 17.5. The molecule has 0 bridgehead atoms. The van der Waals surface area contributed by atoms with Gasteiger partial charge in [-0.1, -0.05) is 0 Å². The average Bonchev–Trinajstić information content (AvgIpc) is 3.17. The minimum Gasteiger partial charge on any atom is -0.339 e. The fourth-order valence-electron chi connectivity index (χ4n) is 4.38. The number of carbonyl (C=O) groups is 1. The zero-order valence-electron chi connectivity index (χ0n) is 16.4. The lowest BCUT2D eigenvalue weighted by atomic mass is 9.95. The lowest BCUT2D eigenvalue weighted by Crippen LogP contribution is -2.39. The van der Waals surface area contributed by atoms with Crippen LogP contribution in [0.2, 0.25) is 0 Å². The number of nitrogens with zero attached hydrogens (tertiary/aromatic N) is 5. The predicted octanol–water partition coefficient (Wildman–Crippen LogP) is 2.40. The highest BCUT2D eigenvalue weighted by atomic mass is 19.1. The number of likely N-dealkylation sites (tertiary alicyclic amines) is 1. The standard InChI is InChI=1S/C21H23FN6O/c1-13-17(10-15-2-3-16(22)11-18(15)24-13)21(29)27-7-4-14(5-8-27)20-26-25-19-12-23-6-9-28(19)20/h2-3,10-11,14,23H,4-9,12H2,1H3. The van der Waals surface area contributed by atoms with E-state index in [-0.39, 0.29) is 11.7 Å². The Kier molecular flexibility index (Phi) is 4.50. The number of fused-ring (bicyclic) bond motifs is 2. The van der Waals surface area contributed by atoms with E-state index < -0.39 is 0 Å². The summed E-state index contributed by atoms with van der Waals surface area (Å²) in [5.74, 6) is 2.06. The molecule has 8 heteroatoms. The van der Waals surface area contributed by atoms with E-state index in [2.05, 4.69) is 25.1 Å². The van der Waals surface area contributed by atoms with E-state index >= 15 is 0 Å². The summed E-state index contributed by atoms with van der Waals surface area (Å²) in [5, 5.41) is 12.8. The molecule has 1 saturated heterocycles. The number of amides is 1. The summed E-state index contributed by atoms with van der Waals surface area (Å²) >= 11 is 0. The van der Waals surface area contributed by atoms with Crippen molar-refractivity contribution in [1.82, 2.24) is 30.0 Å². The molecule has 0 unspecified atom stereocenters. The summed E-state index contributed by atoms with van der Waals surface area (Å²) in [7, 11) is 0. The Labute approximate surface area is 167 Å². The van der Waals surface area contributed by atoms with Crippen LogP contribution in [-0.2, 0) is 13.1 Å². The molecular weight excluding hydrogens is 371 g/mol. The topological polar surface area (TPSA) is 75.9 Å². The first-order valence-corrected chi connectivity index (χ1v) is 10.1. The minimum atomic E-state index is -0.322. The monoisotopic (exact) mass is 394 g/mol. The Morgan fingerprint density at radius 3 is 2.83 bits per heavy atom. The van der Waals surface area contributed by atoms with E-state index in [4.69, 9.17) is 0 Å². The fourth-order valence-corrected chi connectivity index (χ4v) is 4.38. The van der Waals surface area contributed by atoms with Gasteiger partial charge in [-0.15, -0.1) is 10.2 Å². The Morgan fingerprint density at radius 1 is 1.17 bits per heavy atom. The van der Waals surface area contributed by atoms with Crippen molar-refractivity contribution in [2.75, 3.05) is 19.6 Å². The van der Waals surface area contributed by atoms with Gasteiger partial charge in [0.05, 0.1) is 23.3 Å². The maximum Gasteiger partial charge on any atom is 0.255 e. The number of carbonyl (C=O) groups excluding carboxylic acids is 1. The van der Waals surface area contributed by atoms with Crippen LogP contribution in [-0.4, -0.2) is 50.2 Å². The first kappa shape index (κ1) is 18.2. The van der Waals surface area contributed by atoms with Crippen LogP contribution in [0.4, 0.5) is 4.39 Å². The molecule has 0 aliphatic carbocycles. The number of rotatable bonds is 2. The predicted molar refractivity (Wildman–Crippen MR) is 106 cm³/mol. The van der Waals surface area contributed by atoms with E-state index in [0.29, 0.717) is 35.8 Å². The SMILES string of the molecule is Cc1nc2cc(F)ccc2cc1C(=O)N1CCC(c2nnc3n2CCNC3)CC1. The second kappa shape index (κ2) is 7.18. The van der Waals surface area contributed by atoms with Gasteiger partial charge in [-0.3, -0.25) is 9.78 Å². The molecule has 2 aromatic heterocycles. The van der Waals surface area contributed by atoms with Crippen LogP contribution in [0.1, 0.15) is 46.5 Å². The number of aryl methyl sites for hydroxylation is 1. The van der Waals surface area contributed by atoms with E-state index in [0.717, 1.165) is 49.5 Å². The number of hydrogen-bond donors (Lipinski definition) is 1.